The first kappa shape index (κ1) is 11.4. The Bertz CT molecular complexity index is 518. The lowest BCUT2D eigenvalue weighted by Crippen LogP contribution is -2.33. The Labute approximate surface area is 106 Å². The van der Waals surface area contributed by atoms with E-state index in [1.165, 1.54) is 0 Å². The van der Waals surface area contributed by atoms with Crippen molar-refractivity contribution in [3.8, 4) is 0 Å². The van der Waals surface area contributed by atoms with Gasteiger partial charge in [-0.3, -0.25) is 4.90 Å². The zero-order chi connectivity index (χ0) is 12.4. The fourth-order valence-electron chi connectivity index (χ4n) is 2.25. The van der Waals surface area contributed by atoms with Gasteiger partial charge in [0.05, 0.1) is 19.6 Å². The molecule has 1 aliphatic heterocycles. The van der Waals surface area contributed by atoms with E-state index in [9.17, 15) is 0 Å². The van der Waals surface area contributed by atoms with Crippen LogP contribution in [0.1, 0.15) is 17.3 Å². The van der Waals surface area contributed by atoms with E-state index in [-0.39, 0.29) is 0 Å². The maximum atomic E-state index is 5.75. The Morgan fingerprint density at radius 2 is 2.22 bits per heavy atom. The van der Waals surface area contributed by atoms with Crippen molar-refractivity contribution in [1.82, 2.24) is 25.0 Å². The van der Waals surface area contributed by atoms with Crippen LogP contribution in [0.5, 0.6) is 0 Å². The third-order valence-corrected chi connectivity index (χ3v) is 3.17. The van der Waals surface area contributed by atoms with Gasteiger partial charge in [-0.15, -0.1) is 10.2 Å². The van der Waals surface area contributed by atoms with Crippen LogP contribution >= 0.6 is 0 Å². The molecule has 0 radical (unpaired) electrons. The van der Waals surface area contributed by atoms with Crippen molar-refractivity contribution in [2.45, 2.75) is 26.2 Å². The van der Waals surface area contributed by atoms with Gasteiger partial charge in [-0.2, -0.15) is 0 Å². The number of aromatic nitrogens is 3. The molecule has 6 nitrogen and oxygen atoms in total. The minimum atomic E-state index is 0.772. The molecule has 2 aromatic rings. The van der Waals surface area contributed by atoms with Crippen LogP contribution in [0.2, 0.25) is 0 Å². The fourth-order valence-corrected chi connectivity index (χ4v) is 2.25. The predicted octanol–water partition coefficient (Wildman–Crippen LogP) is 0.606. The molecule has 1 N–H and O–H groups in total. The highest BCUT2D eigenvalue weighted by molar-refractivity contribution is 5.07. The molecule has 18 heavy (non-hydrogen) atoms. The zero-order valence-corrected chi connectivity index (χ0v) is 10.5. The number of nitrogens with zero attached hydrogens (tertiary/aromatic N) is 4. The zero-order valence-electron chi connectivity index (χ0n) is 10.5. The molecule has 0 aromatic carbocycles. The molecule has 0 amide bonds. The van der Waals surface area contributed by atoms with Crippen LogP contribution in [-0.4, -0.2) is 33.3 Å². The van der Waals surface area contributed by atoms with Crippen molar-refractivity contribution >= 4 is 0 Å². The SMILES string of the molecule is CNCc1ccc(CN2CCn3cnnc3C2)o1. The number of hydrogen-bond donors (Lipinski definition) is 1. The summed E-state index contributed by atoms with van der Waals surface area (Å²) < 4.78 is 7.85. The summed E-state index contributed by atoms with van der Waals surface area (Å²) in [5, 5.41) is 11.1. The highest BCUT2D eigenvalue weighted by atomic mass is 16.3. The number of rotatable bonds is 4. The molecular formula is C12H17N5O. The topological polar surface area (TPSA) is 59.1 Å². The van der Waals surface area contributed by atoms with Gasteiger partial charge in [-0.05, 0) is 19.2 Å². The van der Waals surface area contributed by atoms with E-state index < -0.39 is 0 Å². The minimum Gasteiger partial charge on any atom is -0.463 e. The largest absolute Gasteiger partial charge is 0.463 e. The maximum Gasteiger partial charge on any atom is 0.147 e. The van der Waals surface area contributed by atoms with Gasteiger partial charge in [0.15, 0.2) is 0 Å². The molecular weight excluding hydrogens is 230 g/mol. The van der Waals surface area contributed by atoms with Crippen molar-refractivity contribution < 1.29 is 4.42 Å². The Morgan fingerprint density at radius 3 is 3.11 bits per heavy atom. The van der Waals surface area contributed by atoms with Crippen molar-refractivity contribution in [3.05, 3.63) is 35.8 Å². The summed E-state index contributed by atoms with van der Waals surface area (Å²) in [7, 11) is 1.92. The summed E-state index contributed by atoms with van der Waals surface area (Å²) in [6, 6.07) is 4.07. The number of furan rings is 1. The van der Waals surface area contributed by atoms with Crippen molar-refractivity contribution in [3.63, 3.8) is 0 Å². The molecule has 0 aliphatic carbocycles. The third-order valence-electron chi connectivity index (χ3n) is 3.17. The first-order chi connectivity index (χ1) is 8.85. The molecule has 0 bridgehead atoms. The highest BCUT2D eigenvalue weighted by Gasteiger charge is 2.18. The van der Waals surface area contributed by atoms with Crippen LogP contribution in [0.4, 0.5) is 0 Å². The van der Waals surface area contributed by atoms with Crippen LogP contribution < -0.4 is 5.32 Å². The standard InChI is InChI=1S/C12H17N5O/c1-13-6-10-2-3-11(18-10)7-16-4-5-17-9-14-15-12(17)8-16/h2-3,9,13H,4-8H2,1H3. The lowest BCUT2D eigenvalue weighted by Gasteiger charge is -2.25. The summed E-state index contributed by atoms with van der Waals surface area (Å²) in [4.78, 5) is 2.33. The molecule has 1 aliphatic rings. The Hall–Kier alpha value is -1.66. The summed E-state index contributed by atoms with van der Waals surface area (Å²) in [6.45, 7) is 4.40. The fraction of sp³-hybridized carbons (Fsp3) is 0.500. The second-order valence-electron chi connectivity index (χ2n) is 4.55. The van der Waals surface area contributed by atoms with Crippen molar-refractivity contribution in [1.29, 1.82) is 0 Å². The van der Waals surface area contributed by atoms with E-state index in [2.05, 4.69) is 25.0 Å². The van der Waals surface area contributed by atoms with Crippen LogP contribution in [0.25, 0.3) is 0 Å². The summed E-state index contributed by atoms with van der Waals surface area (Å²) in [5.74, 6) is 3.02. The van der Waals surface area contributed by atoms with Crippen LogP contribution in [-0.2, 0) is 26.2 Å². The summed E-state index contributed by atoms with van der Waals surface area (Å²) in [5.41, 5.74) is 0. The third kappa shape index (κ3) is 2.30. The van der Waals surface area contributed by atoms with E-state index in [0.717, 1.165) is 50.1 Å². The van der Waals surface area contributed by atoms with Gasteiger partial charge < -0.3 is 14.3 Å². The van der Waals surface area contributed by atoms with E-state index in [1.54, 1.807) is 6.33 Å². The van der Waals surface area contributed by atoms with E-state index >= 15 is 0 Å². The maximum absolute atomic E-state index is 5.75. The first-order valence-electron chi connectivity index (χ1n) is 6.16. The average Bonchev–Trinajstić information content (AvgIpc) is 2.98. The molecule has 3 heterocycles. The smallest absolute Gasteiger partial charge is 0.147 e. The molecule has 0 saturated carbocycles. The van der Waals surface area contributed by atoms with Crippen molar-refractivity contribution in [2.24, 2.45) is 0 Å². The average molecular weight is 247 g/mol. The molecule has 0 atom stereocenters. The van der Waals surface area contributed by atoms with Gasteiger partial charge in [0, 0.05) is 13.1 Å². The van der Waals surface area contributed by atoms with E-state index in [0.29, 0.717) is 0 Å². The molecule has 0 fully saturated rings. The molecule has 0 unspecified atom stereocenters. The molecule has 6 heteroatoms. The van der Waals surface area contributed by atoms with Crippen LogP contribution in [0.3, 0.4) is 0 Å². The normalized spacial score (nSPS) is 15.8. The lowest BCUT2D eigenvalue weighted by molar-refractivity contribution is 0.192. The van der Waals surface area contributed by atoms with E-state index in [4.69, 9.17) is 4.42 Å². The molecule has 3 rings (SSSR count). The Morgan fingerprint density at radius 1 is 1.33 bits per heavy atom. The Kier molecular flexibility index (Phi) is 3.12. The van der Waals surface area contributed by atoms with Gasteiger partial charge >= 0.3 is 0 Å². The van der Waals surface area contributed by atoms with Gasteiger partial charge in [0.1, 0.15) is 23.7 Å². The summed E-state index contributed by atoms with van der Waals surface area (Å²) >= 11 is 0. The second kappa shape index (κ2) is 4.91. The van der Waals surface area contributed by atoms with Crippen LogP contribution in [0.15, 0.2) is 22.9 Å². The van der Waals surface area contributed by atoms with Gasteiger partial charge in [0.25, 0.3) is 0 Å². The predicted molar refractivity (Wildman–Crippen MR) is 65.6 cm³/mol. The number of nitrogens with one attached hydrogen (secondary N) is 1. The monoisotopic (exact) mass is 247 g/mol. The molecule has 0 spiro atoms. The quantitative estimate of drug-likeness (QED) is 0.857. The summed E-state index contributed by atoms with van der Waals surface area (Å²) in [6.07, 6.45) is 1.80. The van der Waals surface area contributed by atoms with Gasteiger partial charge in [0.2, 0.25) is 0 Å². The van der Waals surface area contributed by atoms with Crippen LogP contribution in [0, 0.1) is 0 Å². The molecule has 96 valence electrons. The second-order valence-corrected chi connectivity index (χ2v) is 4.55. The van der Waals surface area contributed by atoms with Gasteiger partial charge in [-0.1, -0.05) is 0 Å². The van der Waals surface area contributed by atoms with E-state index in [1.807, 2.05) is 19.2 Å². The Balaban J connectivity index is 1.63. The highest BCUT2D eigenvalue weighted by Crippen LogP contribution is 2.15. The lowest BCUT2D eigenvalue weighted by atomic mass is 10.3. The molecule has 2 aromatic heterocycles. The number of hydrogen-bond acceptors (Lipinski definition) is 5. The van der Waals surface area contributed by atoms with Gasteiger partial charge in [-0.25, -0.2) is 0 Å². The molecule has 0 saturated heterocycles. The first-order valence-corrected chi connectivity index (χ1v) is 6.16. The minimum absolute atomic E-state index is 0.772. The number of fused-ring (bicyclic) bond motifs is 1. The van der Waals surface area contributed by atoms with Crippen molar-refractivity contribution in [2.75, 3.05) is 13.6 Å².